The Morgan fingerprint density at radius 3 is 2.87 bits per heavy atom. The molecule has 1 amide bonds. The smallest absolute Gasteiger partial charge is 0.251 e. The quantitative estimate of drug-likeness (QED) is 0.736. The van der Waals surface area contributed by atoms with E-state index >= 15 is 0 Å². The number of rotatable bonds is 5. The number of ether oxygens (including phenoxy) is 2. The molecule has 2 rings (SSSR count). The molecule has 1 aromatic rings. The van der Waals surface area contributed by atoms with Gasteiger partial charge in [0, 0.05) is 18.2 Å². The first-order valence-electron chi connectivity index (χ1n) is 7.49. The van der Waals surface area contributed by atoms with E-state index in [0.717, 1.165) is 0 Å². The van der Waals surface area contributed by atoms with Crippen molar-refractivity contribution < 1.29 is 23.8 Å². The molecule has 7 heteroatoms. The lowest BCUT2D eigenvalue weighted by Gasteiger charge is -2.33. The summed E-state index contributed by atoms with van der Waals surface area (Å²) in [7, 11) is 1.46. The van der Waals surface area contributed by atoms with E-state index in [1.807, 2.05) is 13.8 Å². The zero-order chi connectivity index (χ0) is 17.0. The minimum atomic E-state index is -0.757. The molecule has 3 N–H and O–H groups in total. The van der Waals surface area contributed by atoms with E-state index in [2.05, 4.69) is 10.6 Å². The maximum atomic E-state index is 13.3. The molecule has 1 aliphatic heterocycles. The minimum Gasteiger partial charge on any atom is -0.496 e. The molecular formula is C16H23FN2O4. The van der Waals surface area contributed by atoms with Gasteiger partial charge in [-0.15, -0.1) is 0 Å². The Labute approximate surface area is 135 Å². The summed E-state index contributed by atoms with van der Waals surface area (Å²) in [6.07, 6.45) is -0.636. The van der Waals surface area contributed by atoms with Gasteiger partial charge >= 0.3 is 0 Å². The van der Waals surface area contributed by atoms with Gasteiger partial charge in [0.15, 0.2) is 0 Å². The van der Waals surface area contributed by atoms with Crippen LogP contribution in [0.25, 0.3) is 0 Å². The zero-order valence-electron chi connectivity index (χ0n) is 13.6. The number of hydrogen-bond acceptors (Lipinski definition) is 5. The van der Waals surface area contributed by atoms with Crippen molar-refractivity contribution in [2.75, 3.05) is 26.9 Å². The average Bonchev–Trinajstić information content (AvgIpc) is 2.54. The largest absolute Gasteiger partial charge is 0.496 e. The minimum absolute atomic E-state index is 0.0351. The number of carbonyl (C=O) groups excluding carboxylic acids is 1. The van der Waals surface area contributed by atoms with Crippen molar-refractivity contribution in [3.05, 3.63) is 29.6 Å². The van der Waals surface area contributed by atoms with E-state index in [4.69, 9.17) is 14.6 Å². The number of benzene rings is 1. The molecular weight excluding hydrogens is 303 g/mol. The third-order valence-electron chi connectivity index (χ3n) is 3.88. The lowest BCUT2D eigenvalue weighted by molar-refractivity contribution is -0.137. The number of carbonyl (C=O) groups is 1. The molecule has 0 aliphatic carbocycles. The molecule has 1 aliphatic rings. The third kappa shape index (κ3) is 4.19. The van der Waals surface area contributed by atoms with E-state index in [-0.39, 0.29) is 25.2 Å². The van der Waals surface area contributed by atoms with Gasteiger partial charge < -0.3 is 25.2 Å². The standard InChI is InChI=1S/C16H23FN2O4/c1-16(2,12-5-4-10(17)6-13(12)22-3)19-15(21)14-7-18-11(8-20)9-23-14/h4-6,11,14,18,20H,7-9H2,1-3H3,(H,19,21). The fourth-order valence-corrected chi connectivity index (χ4v) is 2.55. The summed E-state index contributed by atoms with van der Waals surface area (Å²) >= 11 is 0. The molecule has 0 aromatic heterocycles. The molecule has 2 unspecified atom stereocenters. The van der Waals surface area contributed by atoms with Crippen LogP contribution in [0.5, 0.6) is 5.75 Å². The van der Waals surface area contributed by atoms with E-state index < -0.39 is 17.5 Å². The predicted octanol–water partition coefficient (Wildman–Crippen LogP) is 0.535. The summed E-state index contributed by atoms with van der Waals surface area (Å²) in [4.78, 5) is 12.4. The predicted molar refractivity (Wildman–Crippen MR) is 82.7 cm³/mol. The number of hydrogen-bond donors (Lipinski definition) is 3. The fraction of sp³-hybridized carbons (Fsp3) is 0.562. The second kappa shape index (κ2) is 7.25. The van der Waals surface area contributed by atoms with Crippen LogP contribution in [0, 0.1) is 5.82 Å². The van der Waals surface area contributed by atoms with Gasteiger partial charge in [-0.25, -0.2) is 4.39 Å². The third-order valence-corrected chi connectivity index (χ3v) is 3.88. The summed E-state index contributed by atoms with van der Waals surface area (Å²) < 4.78 is 24.0. The highest BCUT2D eigenvalue weighted by molar-refractivity contribution is 5.82. The van der Waals surface area contributed by atoms with Crippen LogP contribution >= 0.6 is 0 Å². The zero-order valence-corrected chi connectivity index (χ0v) is 13.6. The highest BCUT2D eigenvalue weighted by atomic mass is 19.1. The number of nitrogens with one attached hydrogen (secondary N) is 2. The number of aliphatic hydroxyl groups is 1. The Morgan fingerprint density at radius 2 is 2.30 bits per heavy atom. The van der Waals surface area contributed by atoms with Crippen molar-refractivity contribution in [3.8, 4) is 5.75 Å². The molecule has 128 valence electrons. The van der Waals surface area contributed by atoms with Gasteiger partial charge in [-0.1, -0.05) is 6.07 Å². The van der Waals surface area contributed by atoms with Crippen molar-refractivity contribution in [2.24, 2.45) is 0 Å². The Kier molecular flexibility index (Phi) is 5.56. The van der Waals surface area contributed by atoms with Crippen LogP contribution in [0.15, 0.2) is 18.2 Å². The van der Waals surface area contributed by atoms with Crippen molar-refractivity contribution >= 4 is 5.91 Å². The van der Waals surface area contributed by atoms with Gasteiger partial charge in [0.1, 0.15) is 17.7 Å². The Balaban J connectivity index is 2.07. The second-order valence-electron chi connectivity index (χ2n) is 6.07. The number of halogens is 1. The number of morpholine rings is 1. The molecule has 2 atom stereocenters. The SMILES string of the molecule is COc1cc(F)ccc1C(C)(C)NC(=O)C1CNC(CO)CO1. The molecule has 23 heavy (non-hydrogen) atoms. The fourth-order valence-electron chi connectivity index (χ4n) is 2.55. The lowest BCUT2D eigenvalue weighted by atomic mass is 9.92. The van der Waals surface area contributed by atoms with Crippen LogP contribution < -0.4 is 15.4 Å². The highest BCUT2D eigenvalue weighted by Gasteiger charge is 2.32. The van der Waals surface area contributed by atoms with Gasteiger partial charge in [-0.2, -0.15) is 0 Å². The van der Waals surface area contributed by atoms with E-state index in [9.17, 15) is 9.18 Å². The van der Waals surface area contributed by atoms with Gasteiger partial charge in [-0.05, 0) is 19.9 Å². The first-order chi connectivity index (χ1) is 10.9. The van der Waals surface area contributed by atoms with Crippen LogP contribution in [-0.2, 0) is 15.1 Å². The maximum Gasteiger partial charge on any atom is 0.251 e. The molecule has 1 fully saturated rings. The van der Waals surface area contributed by atoms with Crippen LogP contribution in [0.2, 0.25) is 0 Å². The summed E-state index contributed by atoms with van der Waals surface area (Å²) in [6, 6.07) is 4.06. The highest BCUT2D eigenvalue weighted by Crippen LogP contribution is 2.30. The first-order valence-corrected chi connectivity index (χ1v) is 7.49. The average molecular weight is 326 g/mol. The summed E-state index contributed by atoms with van der Waals surface area (Å²) in [5, 5.41) is 15.0. The second-order valence-corrected chi connectivity index (χ2v) is 6.07. The summed E-state index contributed by atoms with van der Waals surface area (Å²) in [5.41, 5.74) is -0.0837. The van der Waals surface area contributed by atoms with Crippen molar-refractivity contribution in [1.29, 1.82) is 0 Å². The Morgan fingerprint density at radius 1 is 1.57 bits per heavy atom. The van der Waals surface area contributed by atoms with Crippen molar-refractivity contribution in [3.63, 3.8) is 0 Å². The number of aliphatic hydroxyl groups excluding tert-OH is 1. The van der Waals surface area contributed by atoms with Crippen molar-refractivity contribution in [1.82, 2.24) is 10.6 Å². The first kappa shape index (κ1) is 17.7. The Bertz CT molecular complexity index is 557. The van der Waals surface area contributed by atoms with Gasteiger partial charge in [-0.3, -0.25) is 4.79 Å². The van der Waals surface area contributed by atoms with Crippen LogP contribution in [-0.4, -0.2) is 50.0 Å². The van der Waals surface area contributed by atoms with Crippen LogP contribution in [0.1, 0.15) is 19.4 Å². The normalized spacial score (nSPS) is 21.8. The van der Waals surface area contributed by atoms with Crippen molar-refractivity contribution in [2.45, 2.75) is 31.5 Å². The molecule has 0 radical (unpaired) electrons. The molecule has 1 saturated heterocycles. The monoisotopic (exact) mass is 326 g/mol. The summed E-state index contributed by atoms with van der Waals surface area (Å²) in [6.45, 7) is 4.19. The molecule has 6 nitrogen and oxygen atoms in total. The number of methoxy groups -OCH3 is 1. The van der Waals surface area contributed by atoms with Crippen LogP contribution in [0.3, 0.4) is 0 Å². The molecule has 0 spiro atoms. The van der Waals surface area contributed by atoms with Gasteiger partial charge in [0.2, 0.25) is 0 Å². The lowest BCUT2D eigenvalue weighted by Crippen LogP contribution is -2.56. The molecule has 0 bridgehead atoms. The van der Waals surface area contributed by atoms with E-state index in [1.54, 1.807) is 6.07 Å². The molecule has 1 heterocycles. The van der Waals surface area contributed by atoms with E-state index in [0.29, 0.717) is 17.9 Å². The van der Waals surface area contributed by atoms with Gasteiger partial charge in [0.05, 0.1) is 31.9 Å². The van der Waals surface area contributed by atoms with E-state index in [1.165, 1.54) is 19.2 Å². The topological polar surface area (TPSA) is 79.8 Å². The molecule has 0 saturated carbocycles. The molecule has 1 aromatic carbocycles. The maximum absolute atomic E-state index is 13.3. The Hall–Kier alpha value is -1.70. The summed E-state index contributed by atoms with van der Waals surface area (Å²) in [5.74, 6) is -0.300. The number of amides is 1. The van der Waals surface area contributed by atoms with Gasteiger partial charge in [0.25, 0.3) is 5.91 Å². The van der Waals surface area contributed by atoms with Crippen LogP contribution in [0.4, 0.5) is 4.39 Å².